The van der Waals surface area contributed by atoms with Gasteiger partial charge in [-0.15, -0.1) is 11.3 Å². The van der Waals surface area contributed by atoms with Crippen LogP contribution < -0.4 is 0 Å². The van der Waals surface area contributed by atoms with Crippen molar-refractivity contribution in [2.24, 2.45) is 0 Å². The van der Waals surface area contributed by atoms with Gasteiger partial charge in [0.1, 0.15) is 0 Å². The minimum Gasteiger partial charge on any atom is -0.228 e. The van der Waals surface area contributed by atoms with Gasteiger partial charge in [-0.25, -0.2) is 9.97 Å². The topological polar surface area (TPSA) is 25.8 Å². The summed E-state index contributed by atoms with van der Waals surface area (Å²) in [5, 5.41) is 2.59. The highest BCUT2D eigenvalue weighted by Gasteiger charge is 2.37. The van der Waals surface area contributed by atoms with Gasteiger partial charge in [0.25, 0.3) is 0 Å². The highest BCUT2D eigenvalue weighted by Crippen LogP contribution is 2.53. The van der Waals surface area contributed by atoms with E-state index in [9.17, 15) is 0 Å². The second-order valence-electron chi connectivity index (χ2n) is 15.7. The lowest BCUT2D eigenvalue weighted by atomic mass is 9.78. The van der Waals surface area contributed by atoms with Crippen molar-refractivity contribution < 1.29 is 0 Å². The van der Waals surface area contributed by atoms with Crippen molar-refractivity contribution in [3.63, 3.8) is 0 Å². The van der Waals surface area contributed by atoms with E-state index in [2.05, 4.69) is 202 Å². The van der Waals surface area contributed by atoms with Crippen LogP contribution in [0.25, 0.3) is 98.6 Å². The Morgan fingerprint density at radius 2 is 0.931 bits per heavy atom. The van der Waals surface area contributed by atoms with E-state index in [4.69, 9.17) is 9.97 Å². The molecule has 0 fully saturated rings. The summed E-state index contributed by atoms with van der Waals surface area (Å²) >= 11 is 1.86. The van der Waals surface area contributed by atoms with E-state index in [0.717, 1.165) is 39.2 Å². The zero-order valence-electron chi connectivity index (χ0n) is 32.3. The first kappa shape index (κ1) is 34.3. The molecule has 2 nitrogen and oxygen atoms in total. The summed E-state index contributed by atoms with van der Waals surface area (Å²) in [6.45, 7) is 4.72. The quantitative estimate of drug-likeness (QED) is 0.169. The van der Waals surface area contributed by atoms with Crippen LogP contribution in [-0.4, -0.2) is 9.97 Å². The zero-order chi connectivity index (χ0) is 38.8. The molecule has 2 aromatic heterocycles. The van der Waals surface area contributed by atoms with Gasteiger partial charge in [0.05, 0.1) is 11.4 Å². The Labute approximate surface area is 342 Å². The maximum atomic E-state index is 5.37. The molecule has 0 spiro atoms. The number of nitrogens with zero attached hydrogens (tertiary/aromatic N) is 2. The van der Waals surface area contributed by atoms with E-state index in [0.29, 0.717) is 5.82 Å². The minimum absolute atomic E-state index is 0.160. The molecule has 1 aliphatic carbocycles. The molecule has 8 aromatic carbocycles. The molecule has 274 valence electrons. The second kappa shape index (κ2) is 13.6. The lowest BCUT2D eigenvalue weighted by Crippen LogP contribution is -2.16. The Hall–Kier alpha value is -6.94. The van der Waals surface area contributed by atoms with Crippen LogP contribution in [0.1, 0.15) is 25.0 Å². The van der Waals surface area contributed by atoms with Crippen LogP contribution in [0.4, 0.5) is 0 Å². The number of thiophene rings is 1. The van der Waals surface area contributed by atoms with Crippen LogP contribution >= 0.6 is 11.3 Å². The summed E-state index contributed by atoms with van der Waals surface area (Å²) in [5.74, 6) is 0.701. The van der Waals surface area contributed by atoms with Crippen molar-refractivity contribution >= 4 is 31.5 Å². The van der Waals surface area contributed by atoms with Crippen LogP contribution in [0.5, 0.6) is 0 Å². The Bertz CT molecular complexity index is 3190. The molecule has 0 amide bonds. The maximum Gasteiger partial charge on any atom is 0.160 e. The Morgan fingerprint density at radius 3 is 1.74 bits per heavy atom. The Morgan fingerprint density at radius 1 is 0.379 bits per heavy atom. The largest absolute Gasteiger partial charge is 0.228 e. The van der Waals surface area contributed by atoms with Gasteiger partial charge in [-0.05, 0) is 86.0 Å². The highest BCUT2D eigenvalue weighted by atomic mass is 32.1. The molecule has 11 rings (SSSR count). The monoisotopic (exact) mass is 758 g/mol. The molecule has 1 aliphatic rings. The van der Waals surface area contributed by atoms with Crippen molar-refractivity contribution in [3.05, 3.63) is 205 Å². The molecule has 58 heavy (non-hydrogen) atoms. The van der Waals surface area contributed by atoms with Crippen molar-refractivity contribution in [3.8, 4) is 78.4 Å². The second-order valence-corrected chi connectivity index (χ2v) is 16.8. The molecule has 0 aliphatic heterocycles. The zero-order valence-corrected chi connectivity index (χ0v) is 33.1. The third-order valence-corrected chi connectivity index (χ3v) is 13.1. The van der Waals surface area contributed by atoms with Crippen LogP contribution in [0.3, 0.4) is 0 Å². The fourth-order valence-corrected chi connectivity index (χ4v) is 10.4. The molecule has 0 saturated heterocycles. The number of rotatable bonds is 6. The summed E-state index contributed by atoms with van der Waals surface area (Å²) in [6, 6.07) is 70.0. The van der Waals surface area contributed by atoms with Crippen molar-refractivity contribution in [1.29, 1.82) is 0 Å². The van der Waals surface area contributed by atoms with Gasteiger partial charge in [0.15, 0.2) is 5.82 Å². The molecule has 10 aromatic rings. The highest BCUT2D eigenvalue weighted by molar-refractivity contribution is 7.26. The number of hydrogen-bond acceptors (Lipinski definition) is 3. The van der Waals surface area contributed by atoms with E-state index < -0.39 is 0 Å². The van der Waals surface area contributed by atoms with E-state index in [-0.39, 0.29) is 5.41 Å². The van der Waals surface area contributed by atoms with Crippen molar-refractivity contribution in [2.45, 2.75) is 19.3 Å². The normalized spacial score (nSPS) is 12.8. The molecule has 0 unspecified atom stereocenters. The predicted octanol–water partition coefficient (Wildman–Crippen LogP) is 15.2. The average Bonchev–Trinajstić information content (AvgIpc) is 3.79. The molecular formula is C55H38N2S. The van der Waals surface area contributed by atoms with E-state index in [1.165, 1.54) is 64.7 Å². The summed E-state index contributed by atoms with van der Waals surface area (Å²) in [7, 11) is 0. The van der Waals surface area contributed by atoms with E-state index >= 15 is 0 Å². The van der Waals surface area contributed by atoms with Crippen molar-refractivity contribution in [2.75, 3.05) is 0 Å². The fourth-order valence-electron chi connectivity index (χ4n) is 9.17. The van der Waals surface area contributed by atoms with Gasteiger partial charge >= 0.3 is 0 Å². The lowest BCUT2D eigenvalue weighted by Gasteiger charge is -2.25. The summed E-state index contributed by atoms with van der Waals surface area (Å²) in [6.07, 6.45) is 0. The first-order chi connectivity index (χ1) is 28.5. The molecule has 0 N–H and O–H groups in total. The first-order valence-corrected chi connectivity index (χ1v) is 20.7. The standard InChI is InChI=1S/C55H38N2S/c1-55(2)48-29-13-11-22-42(48)46-27-16-26-45(52(46)55)41-21-9-10-23-43(41)50-34-49(56-54(57-50)36-19-7-4-8-20-36)39-32-37(35-17-5-3-6-18-35)31-38(33-39)40-25-15-28-47-44-24-12-14-30-51(44)58-53(40)47/h3-34H,1-2H3. The maximum absolute atomic E-state index is 5.37. The number of aromatic nitrogens is 2. The molecule has 0 bridgehead atoms. The number of hydrogen-bond donors (Lipinski definition) is 0. The fraction of sp³-hybridized carbons (Fsp3) is 0.0545. The third-order valence-electron chi connectivity index (χ3n) is 11.9. The molecule has 2 heterocycles. The van der Waals surface area contributed by atoms with Crippen LogP contribution in [0.2, 0.25) is 0 Å². The van der Waals surface area contributed by atoms with Gasteiger partial charge in [-0.3, -0.25) is 0 Å². The minimum atomic E-state index is -0.160. The van der Waals surface area contributed by atoms with E-state index in [1.54, 1.807) is 0 Å². The average molecular weight is 759 g/mol. The van der Waals surface area contributed by atoms with Gasteiger partial charge in [0, 0.05) is 42.3 Å². The van der Waals surface area contributed by atoms with Gasteiger partial charge in [-0.1, -0.05) is 178 Å². The van der Waals surface area contributed by atoms with Crippen molar-refractivity contribution in [1.82, 2.24) is 9.97 Å². The molecule has 0 radical (unpaired) electrons. The third kappa shape index (κ3) is 5.62. The van der Waals surface area contributed by atoms with Gasteiger partial charge in [0.2, 0.25) is 0 Å². The smallest absolute Gasteiger partial charge is 0.160 e. The Balaban J connectivity index is 1.14. The summed E-state index contributed by atoms with van der Waals surface area (Å²) < 4.78 is 2.59. The van der Waals surface area contributed by atoms with Crippen LogP contribution in [-0.2, 0) is 5.41 Å². The SMILES string of the molecule is CC1(C)c2ccccc2-c2cccc(-c3ccccc3-c3cc(-c4cc(-c5ccccc5)cc(-c5cccc6c5sc5ccccc56)c4)nc(-c4ccccc4)n3)c21. The lowest BCUT2D eigenvalue weighted by molar-refractivity contribution is 0.662. The molecule has 0 saturated carbocycles. The number of benzene rings is 8. The molecule has 3 heteroatoms. The number of fused-ring (bicyclic) bond motifs is 6. The van der Waals surface area contributed by atoms with Crippen LogP contribution in [0.15, 0.2) is 194 Å². The Kier molecular flexibility index (Phi) is 8.06. The summed E-state index contributed by atoms with van der Waals surface area (Å²) in [4.78, 5) is 10.7. The summed E-state index contributed by atoms with van der Waals surface area (Å²) in [5.41, 5.74) is 17.2. The van der Waals surface area contributed by atoms with Crippen LogP contribution in [0, 0.1) is 0 Å². The van der Waals surface area contributed by atoms with Gasteiger partial charge in [-0.2, -0.15) is 0 Å². The first-order valence-electron chi connectivity index (χ1n) is 19.9. The van der Waals surface area contributed by atoms with Gasteiger partial charge < -0.3 is 0 Å². The molecular weight excluding hydrogens is 721 g/mol. The predicted molar refractivity (Wildman–Crippen MR) is 245 cm³/mol. The van der Waals surface area contributed by atoms with E-state index in [1.807, 2.05) is 17.4 Å². The molecule has 0 atom stereocenters.